The summed E-state index contributed by atoms with van der Waals surface area (Å²) in [5, 5.41) is 8.65. The van der Waals surface area contributed by atoms with E-state index in [0.29, 0.717) is 12.5 Å². The monoisotopic (exact) mass is 192 g/mol. The normalized spacial score (nSPS) is 12.7. The van der Waals surface area contributed by atoms with E-state index in [-0.39, 0.29) is 0 Å². The molecule has 0 N–H and O–H groups in total. The maximum Gasteiger partial charge on any atom is 0.0947 e. The summed E-state index contributed by atoms with van der Waals surface area (Å²) in [6.07, 6.45) is 5.01. The van der Waals surface area contributed by atoms with Gasteiger partial charge in [-0.05, 0) is 19.5 Å². The van der Waals surface area contributed by atoms with Crippen molar-refractivity contribution in [2.24, 2.45) is 0 Å². The van der Waals surface area contributed by atoms with Crippen LogP contribution in [0.5, 0.6) is 0 Å². The van der Waals surface area contributed by atoms with Gasteiger partial charge < -0.3 is 4.42 Å². The molecule has 1 rings (SSSR count). The van der Waals surface area contributed by atoms with Crippen LogP contribution in [0.3, 0.4) is 0 Å². The summed E-state index contributed by atoms with van der Waals surface area (Å²) in [7, 11) is 2.04. The zero-order valence-corrected chi connectivity index (χ0v) is 8.73. The molecule has 0 saturated carbocycles. The van der Waals surface area contributed by atoms with Gasteiger partial charge in [-0.1, -0.05) is 6.92 Å². The minimum absolute atomic E-state index is 0.342. The van der Waals surface area contributed by atoms with E-state index >= 15 is 0 Å². The second-order valence-corrected chi connectivity index (χ2v) is 3.47. The van der Waals surface area contributed by atoms with Crippen LogP contribution in [0.1, 0.15) is 25.3 Å². The van der Waals surface area contributed by atoms with Gasteiger partial charge in [0.25, 0.3) is 0 Å². The maximum absolute atomic E-state index is 8.65. The molecule has 0 amide bonds. The van der Waals surface area contributed by atoms with Gasteiger partial charge in [0, 0.05) is 18.2 Å². The lowest BCUT2D eigenvalue weighted by Crippen LogP contribution is -2.30. The Morgan fingerprint density at radius 1 is 1.64 bits per heavy atom. The predicted molar refractivity (Wildman–Crippen MR) is 54.5 cm³/mol. The highest BCUT2D eigenvalue weighted by Gasteiger charge is 2.12. The Kier molecular flexibility index (Phi) is 4.21. The highest BCUT2D eigenvalue weighted by molar-refractivity contribution is 5.05. The van der Waals surface area contributed by atoms with E-state index in [2.05, 4.69) is 17.9 Å². The molecule has 3 nitrogen and oxygen atoms in total. The van der Waals surface area contributed by atoms with Crippen LogP contribution >= 0.6 is 0 Å². The molecular formula is C11H16N2O. The summed E-state index contributed by atoms with van der Waals surface area (Å²) in [6, 6.07) is 4.51. The first-order valence-corrected chi connectivity index (χ1v) is 4.86. The second kappa shape index (κ2) is 5.46. The fourth-order valence-corrected chi connectivity index (χ4v) is 1.52. The molecule has 3 heteroatoms. The van der Waals surface area contributed by atoms with E-state index in [1.54, 1.807) is 12.5 Å². The lowest BCUT2D eigenvalue weighted by Gasteiger charge is -2.24. The first-order chi connectivity index (χ1) is 6.77. The minimum atomic E-state index is 0.342. The Morgan fingerprint density at radius 3 is 2.93 bits per heavy atom. The third-order valence-electron chi connectivity index (χ3n) is 2.43. The van der Waals surface area contributed by atoms with E-state index in [1.807, 2.05) is 13.1 Å². The molecule has 0 bridgehead atoms. The molecule has 0 aliphatic carbocycles. The molecule has 0 aliphatic heterocycles. The molecule has 0 saturated heterocycles. The van der Waals surface area contributed by atoms with E-state index in [4.69, 9.17) is 9.68 Å². The van der Waals surface area contributed by atoms with Crippen molar-refractivity contribution >= 4 is 0 Å². The first-order valence-electron chi connectivity index (χ1n) is 4.86. The molecule has 1 aromatic rings. The van der Waals surface area contributed by atoms with Crippen molar-refractivity contribution in [3.8, 4) is 6.07 Å². The molecule has 0 spiro atoms. The van der Waals surface area contributed by atoms with Crippen molar-refractivity contribution in [2.45, 2.75) is 32.4 Å². The van der Waals surface area contributed by atoms with E-state index in [9.17, 15) is 0 Å². The molecule has 0 aliphatic rings. The highest BCUT2D eigenvalue weighted by atomic mass is 16.3. The summed E-state index contributed by atoms with van der Waals surface area (Å²) in [6.45, 7) is 2.95. The fourth-order valence-electron chi connectivity index (χ4n) is 1.52. The van der Waals surface area contributed by atoms with Crippen molar-refractivity contribution in [1.29, 1.82) is 5.26 Å². The lowest BCUT2D eigenvalue weighted by atomic mass is 10.1. The largest absolute Gasteiger partial charge is 0.472 e. The number of rotatable bonds is 5. The van der Waals surface area contributed by atoms with Crippen molar-refractivity contribution in [2.75, 3.05) is 7.05 Å². The molecule has 1 heterocycles. The van der Waals surface area contributed by atoms with E-state index < -0.39 is 0 Å². The van der Waals surface area contributed by atoms with Gasteiger partial charge in [0.15, 0.2) is 0 Å². The van der Waals surface area contributed by atoms with Gasteiger partial charge in [0.1, 0.15) is 0 Å². The SMILES string of the molecule is CCC(CC#N)N(C)Cc1ccoc1. The number of hydrogen-bond donors (Lipinski definition) is 0. The van der Waals surface area contributed by atoms with Crippen LogP contribution in [0, 0.1) is 11.3 Å². The van der Waals surface area contributed by atoms with Crippen molar-refractivity contribution in [3.05, 3.63) is 24.2 Å². The van der Waals surface area contributed by atoms with Gasteiger partial charge in [-0.3, -0.25) is 4.90 Å². The van der Waals surface area contributed by atoms with Crippen LogP contribution in [0.2, 0.25) is 0 Å². The zero-order chi connectivity index (χ0) is 10.4. The van der Waals surface area contributed by atoms with Crippen LogP contribution in [-0.2, 0) is 6.54 Å². The van der Waals surface area contributed by atoms with Crippen LogP contribution in [0.4, 0.5) is 0 Å². The van der Waals surface area contributed by atoms with Gasteiger partial charge in [-0.2, -0.15) is 5.26 Å². The minimum Gasteiger partial charge on any atom is -0.472 e. The molecular weight excluding hydrogens is 176 g/mol. The van der Waals surface area contributed by atoms with Gasteiger partial charge >= 0.3 is 0 Å². The highest BCUT2D eigenvalue weighted by Crippen LogP contribution is 2.11. The van der Waals surface area contributed by atoms with Crippen LogP contribution in [0.15, 0.2) is 23.0 Å². The Morgan fingerprint density at radius 2 is 2.43 bits per heavy atom. The summed E-state index contributed by atoms with van der Waals surface area (Å²) in [4.78, 5) is 2.19. The second-order valence-electron chi connectivity index (χ2n) is 3.47. The molecule has 1 atom stereocenters. The van der Waals surface area contributed by atoms with Crippen LogP contribution < -0.4 is 0 Å². The van der Waals surface area contributed by atoms with Crippen molar-refractivity contribution < 1.29 is 4.42 Å². The van der Waals surface area contributed by atoms with Gasteiger partial charge in [0.2, 0.25) is 0 Å². The Balaban J connectivity index is 2.48. The molecule has 76 valence electrons. The summed E-state index contributed by atoms with van der Waals surface area (Å²) in [5.41, 5.74) is 1.16. The maximum atomic E-state index is 8.65. The molecule has 0 aromatic carbocycles. The summed E-state index contributed by atoms with van der Waals surface area (Å²) < 4.78 is 5.00. The Hall–Kier alpha value is -1.27. The van der Waals surface area contributed by atoms with Crippen molar-refractivity contribution in [1.82, 2.24) is 4.90 Å². The molecule has 1 aromatic heterocycles. The fraction of sp³-hybridized carbons (Fsp3) is 0.545. The number of nitriles is 1. The third-order valence-corrected chi connectivity index (χ3v) is 2.43. The van der Waals surface area contributed by atoms with Crippen LogP contribution in [0.25, 0.3) is 0 Å². The van der Waals surface area contributed by atoms with Gasteiger partial charge in [-0.15, -0.1) is 0 Å². The average molecular weight is 192 g/mol. The number of furan rings is 1. The smallest absolute Gasteiger partial charge is 0.0947 e. The first kappa shape index (κ1) is 10.8. The predicted octanol–water partition coefficient (Wildman–Crippen LogP) is 2.40. The van der Waals surface area contributed by atoms with Crippen LogP contribution in [-0.4, -0.2) is 18.0 Å². The standard InChI is InChI=1S/C11H16N2O/c1-3-11(4-6-12)13(2)8-10-5-7-14-9-10/h5,7,9,11H,3-4,8H2,1-2H3. The summed E-state index contributed by atoms with van der Waals surface area (Å²) >= 11 is 0. The van der Waals surface area contributed by atoms with E-state index in [0.717, 1.165) is 18.5 Å². The number of nitrogens with zero attached hydrogens (tertiary/aromatic N) is 2. The number of hydrogen-bond acceptors (Lipinski definition) is 3. The Bertz CT molecular complexity index is 287. The quantitative estimate of drug-likeness (QED) is 0.719. The molecule has 14 heavy (non-hydrogen) atoms. The topological polar surface area (TPSA) is 40.2 Å². The third kappa shape index (κ3) is 2.90. The van der Waals surface area contributed by atoms with Crippen molar-refractivity contribution in [3.63, 3.8) is 0 Å². The zero-order valence-electron chi connectivity index (χ0n) is 8.73. The summed E-state index contributed by atoms with van der Waals surface area (Å²) in [5.74, 6) is 0. The lowest BCUT2D eigenvalue weighted by molar-refractivity contribution is 0.230. The van der Waals surface area contributed by atoms with Gasteiger partial charge in [0.05, 0.1) is 25.0 Å². The molecule has 0 fully saturated rings. The van der Waals surface area contributed by atoms with E-state index in [1.165, 1.54) is 0 Å². The average Bonchev–Trinajstić information content (AvgIpc) is 2.66. The molecule has 1 unspecified atom stereocenters. The van der Waals surface area contributed by atoms with Gasteiger partial charge in [-0.25, -0.2) is 0 Å². The molecule has 0 radical (unpaired) electrons. The Labute approximate surface area is 84.9 Å².